The Morgan fingerprint density at radius 3 is 2.39 bits per heavy atom. The first-order chi connectivity index (χ1) is 19.6. The predicted octanol–water partition coefficient (Wildman–Crippen LogP) is 5.35. The van der Waals surface area contributed by atoms with Crippen LogP contribution in [0, 0.1) is 11.8 Å². The number of carbonyl (C=O) groups excluding carboxylic acids is 2. The first kappa shape index (κ1) is 28.7. The van der Waals surface area contributed by atoms with E-state index in [2.05, 4.69) is 11.7 Å². The van der Waals surface area contributed by atoms with Gasteiger partial charge in [-0.05, 0) is 42.4 Å². The minimum atomic E-state index is -1.14. The van der Waals surface area contributed by atoms with Crippen LogP contribution in [0.25, 0.3) is 11.3 Å². The molecule has 1 aromatic heterocycles. The molecule has 218 valence electrons. The van der Waals surface area contributed by atoms with E-state index in [0.717, 1.165) is 5.69 Å². The number of hydrogen-bond donors (Lipinski definition) is 4. The van der Waals surface area contributed by atoms with E-state index in [1.165, 1.54) is 31.7 Å². The van der Waals surface area contributed by atoms with Crippen molar-refractivity contribution in [1.29, 1.82) is 0 Å². The number of aliphatic hydroxyl groups excluding tert-OH is 1. The first-order valence-corrected chi connectivity index (χ1v) is 14.6. The van der Waals surface area contributed by atoms with E-state index in [1.54, 1.807) is 6.07 Å². The van der Waals surface area contributed by atoms with Gasteiger partial charge in [0, 0.05) is 28.7 Å². The van der Waals surface area contributed by atoms with Crippen molar-refractivity contribution in [3.8, 4) is 17.1 Å². The van der Waals surface area contributed by atoms with Gasteiger partial charge < -0.3 is 30.9 Å². The molecule has 1 amide bonds. The van der Waals surface area contributed by atoms with Crippen LogP contribution < -0.4 is 11.5 Å². The average molecular weight is 562 g/mol. The Kier molecular flexibility index (Phi) is 7.36. The minimum Gasteiger partial charge on any atom is -0.510 e. The predicted molar refractivity (Wildman–Crippen MR) is 154 cm³/mol. The number of fused-ring (bicyclic) bond motifs is 2. The molecule has 2 heterocycles. The van der Waals surface area contributed by atoms with Gasteiger partial charge in [0.15, 0.2) is 22.9 Å². The fourth-order valence-electron chi connectivity index (χ4n) is 6.33. The number of amides is 1. The van der Waals surface area contributed by atoms with Gasteiger partial charge in [0.1, 0.15) is 11.5 Å². The zero-order valence-corrected chi connectivity index (χ0v) is 24.1. The van der Waals surface area contributed by atoms with E-state index in [9.17, 15) is 19.8 Å². The summed E-state index contributed by atoms with van der Waals surface area (Å²) in [6.07, 6.45) is 6.85. The number of aliphatic hydroxyl groups is 1. The summed E-state index contributed by atoms with van der Waals surface area (Å²) in [5.74, 6) is -1.23. The van der Waals surface area contributed by atoms with Crippen LogP contribution in [-0.4, -0.2) is 38.7 Å². The maximum absolute atomic E-state index is 13.8. The smallest absolute Gasteiger partial charge is 0.252 e. The van der Waals surface area contributed by atoms with Crippen LogP contribution >= 0.6 is 0 Å². The molecule has 2 aromatic rings. The number of carbonyl (C=O) groups is 2. The number of epoxide rings is 1. The number of rotatable bonds is 3. The number of aromatic nitrogens is 1. The number of aromatic hydroxyl groups is 1. The molecule has 0 bridgehead atoms. The number of ether oxygens (including phenoxy) is 1. The van der Waals surface area contributed by atoms with Crippen molar-refractivity contribution < 1.29 is 29.1 Å². The summed E-state index contributed by atoms with van der Waals surface area (Å²) in [4.78, 5) is 25.8. The van der Waals surface area contributed by atoms with Gasteiger partial charge in [0.05, 0.1) is 22.9 Å². The van der Waals surface area contributed by atoms with Crippen LogP contribution in [0.3, 0.4) is 0 Å². The number of nitrogens with zero attached hydrogens (tertiary/aromatic N) is 1. The van der Waals surface area contributed by atoms with Gasteiger partial charge in [-0.3, -0.25) is 9.59 Å². The SMILES string of the molecule is C1CCC1.C=C1C(C(N)=O)=C(O)C(N)[C@@H]2CC3Cc4c(-c5cc(C(C)C)no5)ccc(O)c4C(=O)C3=C3O[C@]132.CC. The summed E-state index contributed by atoms with van der Waals surface area (Å²) >= 11 is 0. The number of allylic oxidation sites excluding steroid dienone is 1. The number of nitrogens with two attached hydrogens (primary N) is 2. The molecule has 7 rings (SSSR count). The number of primary amides is 1. The second-order valence-corrected chi connectivity index (χ2v) is 11.5. The van der Waals surface area contributed by atoms with Crippen LogP contribution in [-0.2, 0) is 16.0 Å². The highest BCUT2D eigenvalue weighted by Crippen LogP contribution is 2.65. The largest absolute Gasteiger partial charge is 0.510 e. The summed E-state index contributed by atoms with van der Waals surface area (Å²) in [7, 11) is 0. The lowest BCUT2D eigenvalue weighted by Gasteiger charge is -2.40. The van der Waals surface area contributed by atoms with Gasteiger partial charge in [-0.25, -0.2) is 0 Å². The highest BCUT2D eigenvalue weighted by atomic mass is 16.6. The molecular weight excluding hydrogens is 522 g/mol. The maximum Gasteiger partial charge on any atom is 0.252 e. The molecular formula is C32H39N3O6. The molecule has 0 radical (unpaired) electrons. The molecule has 6 N–H and O–H groups in total. The Bertz CT molecular complexity index is 1490. The van der Waals surface area contributed by atoms with Crippen molar-refractivity contribution in [3.63, 3.8) is 0 Å². The molecule has 2 unspecified atom stereocenters. The first-order valence-electron chi connectivity index (χ1n) is 14.6. The number of hydrogen-bond acceptors (Lipinski definition) is 8. The summed E-state index contributed by atoms with van der Waals surface area (Å²) in [5, 5.41) is 25.5. The van der Waals surface area contributed by atoms with Crippen molar-refractivity contribution in [1.82, 2.24) is 5.16 Å². The highest BCUT2D eigenvalue weighted by molar-refractivity contribution is 6.15. The van der Waals surface area contributed by atoms with Crippen molar-refractivity contribution in [2.24, 2.45) is 23.3 Å². The van der Waals surface area contributed by atoms with E-state index >= 15 is 0 Å². The Morgan fingerprint density at radius 2 is 1.83 bits per heavy atom. The van der Waals surface area contributed by atoms with Gasteiger partial charge in [0.25, 0.3) is 5.91 Å². The minimum absolute atomic E-state index is 0.129. The Labute approximate surface area is 239 Å². The highest BCUT2D eigenvalue weighted by Gasteiger charge is 2.71. The lowest BCUT2D eigenvalue weighted by atomic mass is 9.61. The quantitative estimate of drug-likeness (QED) is 0.364. The third-order valence-corrected chi connectivity index (χ3v) is 8.87. The lowest BCUT2D eigenvalue weighted by molar-refractivity contribution is -0.114. The fourth-order valence-corrected chi connectivity index (χ4v) is 6.33. The van der Waals surface area contributed by atoms with Gasteiger partial charge in [-0.2, -0.15) is 0 Å². The number of Topliss-reactive ketones (excluding diaryl/α,β-unsaturated/α-hetero) is 1. The molecule has 1 aromatic carbocycles. The van der Waals surface area contributed by atoms with Crippen molar-refractivity contribution in [2.75, 3.05) is 0 Å². The zero-order valence-electron chi connectivity index (χ0n) is 24.1. The summed E-state index contributed by atoms with van der Waals surface area (Å²) in [6.45, 7) is 12.0. The van der Waals surface area contributed by atoms with Crippen LogP contribution in [0.5, 0.6) is 5.75 Å². The Morgan fingerprint density at radius 1 is 1.17 bits per heavy atom. The molecule has 2 fully saturated rings. The second kappa shape index (κ2) is 10.5. The van der Waals surface area contributed by atoms with E-state index in [0.29, 0.717) is 41.1 Å². The van der Waals surface area contributed by atoms with E-state index in [1.807, 2.05) is 33.8 Å². The van der Waals surface area contributed by atoms with Crippen LogP contribution in [0.1, 0.15) is 87.3 Å². The van der Waals surface area contributed by atoms with Crippen LogP contribution in [0.4, 0.5) is 0 Å². The zero-order chi connectivity index (χ0) is 29.8. The topological polar surface area (TPSA) is 165 Å². The number of ketones is 1. The molecule has 4 atom stereocenters. The lowest BCUT2D eigenvalue weighted by Crippen LogP contribution is -2.51. The molecule has 5 aliphatic rings. The standard InChI is InChI=1S/C26H25N3O6.C4H8.C2H6/c1-9(2)15-8-17(35-29-15)12-4-5-16(30)20-13(12)6-11-7-14-21(27)23(32)18(25(28)33)10(3)26(14)24(34-26)19(11)22(20)31;1-2-4-3-1;1-2/h4-5,8-9,11,14,21,30,32H,3,6-7,27H2,1-2H3,(H2,28,33);1-4H2;1-2H3/t11?,14-,21?,26-;;/m0../s1. The second-order valence-electron chi connectivity index (χ2n) is 11.5. The molecule has 9 nitrogen and oxygen atoms in total. The van der Waals surface area contributed by atoms with E-state index < -0.39 is 23.5 Å². The molecule has 1 saturated heterocycles. The summed E-state index contributed by atoms with van der Waals surface area (Å²) in [6, 6.07) is 4.16. The van der Waals surface area contributed by atoms with E-state index in [-0.39, 0.29) is 45.8 Å². The third kappa shape index (κ3) is 4.29. The molecule has 41 heavy (non-hydrogen) atoms. The van der Waals surface area contributed by atoms with Gasteiger partial charge in [0.2, 0.25) is 0 Å². The molecule has 9 heteroatoms. The van der Waals surface area contributed by atoms with Crippen LogP contribution in [0.2, 0.25) is 0 Å². The molecule has 1 saturated carbocycles. The maximum atomic E-state index is 13.8. The van der Waals surface area contributed by atoms with E-state index in [4.69, 9.17) is 20.7 Å². The average Bonchev–Trinajstić information content (AvgIpc) is 3.46. The van der Waals surface area contributed by atoms with Gasteiger partial charge in [-0.1, -0.05) is 65.1 Å². The van der Waals surface area contributed by atoms with Crippen molar-refractivity contribution in [3.05, 3.63) is 69.8 Å². The summed E-state index contributed by atoms with van der Waals surface area (Å²) in [5.41, 5.74) is 13.6. The number of phenolic OH excluding ortho intramolecular Hbond substituents is 1. The fraction of sp³-hybridized carbons (Fsp3) is 0.469. The molecule has 1 aliphatic heterocycles. The Hall–Kier alpha value is -3.85. The molecule has 4 aliphatic carbocycles. The van der Waals surface area contributed by atoms with Crippen molar-refractivity contribution in [2.45, 2.75) is 83.8 Å². The van der Waals surface area contributed by atoms with Crippen molar-refractivity contribution >= 4 is 11.7 Å². The van der Waals surface area contributed by atoms with Gasteiger partial charge in [-0.15, -0.1) is 0 Å². The number of benzene rings is 1. The van der Waals surface area contributed by atoms with Crippen LogP contribution in [0.15, 0.2) is 57.5 Å². The Balaban J connectivity index is 0.000000510. The normalized spacial score (nSPS) is 27.1. The summed E-state index contributed by atoms with van der Waals surface area (Å²) < 4.78 is 11.6. The number of phenols is 1. The third-order valence-electron chi connectivity index (χ3n) is 8.87. The molecule has 1 spiro atoms. The monoisotopic (exact) mass is 561 g/mol. The van der Waals surface area contributed by atoms with Gasteiger partial charge >= 0.3 is 0 Å².